The highest BCUT2D eigenvalue weighted by Crippen LogP contribution is 2.26. The van der Waals surface area contributed by atoms with Crippen LogP contribution in [0.4, 0.5) is 17.3 Å². The van der Waals surface area contributed by atoms with Crippen molar-refractivity contribution >= 4 is 40.2 Å². The summed E-state index contributed by atoms with van der Waals surface area (Å²) in [6.07, 6.45) is 6.90. The number of piperidine rings is 1. The average molecular weight is 575 g/mol. The lowest BCUT2D eigenvalue weighted by molar-refractivity contribution is -0.114. The fourth-order valence-corrected chi connectivity index (χ4v) is 5.51. The minimum atomic E-state index is -0.0939. The molecule has 0 unspecified atom stereocenters. The molecule has 1 aromatic heterocycles. The Morgan fingerprint density at radius 1 is 0.881 bits per heavy atom. The average Bonchev–Trinajstić information content (AvgIpc) is 3.30. The van der Waals surface area contributed by atoms with Gasteiger partial charge < -0.3 is 25.0 Å². The zero-order valence-electron chi connectivity index (χ0n) is 26.3. The number of nitrogens with one attached hydrogen (secondary N) is 2. The molecule has 1 aliphatic heterocycles. The van der Waals surface area contributed by atoms with Crippen molar-refractivity contribution in [2.75, 3.05) is 43.4 Å². The van der Waals surface area contributed by atoms with Crippen molar-refractivity contribution in [1.82, 2.24) is 19.4 Å². The lowest BCUT2D eigenvalue weighted by Crippen LogP contribution is -2.34. The molecule has 3 aromatic rings. The zero-order chi connectivity index (χ0) is 30.1. The second-order valence-electron chi connectivity index (χ2n) is 12.6. The molecule has 1 fully saturated rings. The number of imidazole rings is 1. The van der Waals surface area contributed by atoms with Crippen molar-refractivity contribution in [3.63, 3.8) is 0 Å². The van der Waals surface area contributed by atoms with Crippen LogP contribution in [0.2, 0.25) is 0 Å². The molecule has 8 heteroatoms. The van der Waals surface area contributed by atoms with Gasteiger partial charge in [0.1, 0.15) is 0 Å². The number of anilines is 3. The quantitative estimate of drug-likeness (QED) is 0.214. The molecule has 1 saturated heterocycles. The maximum absolute atomic E-state index is 13.8. The summed E-state index contributed by atoms with van der Waals surface area (Å²) in [7, 11) is 0. The van der Waals surface area contributed by atoms with Crippen molar-refractivity contribution in [3.05, 3.63) is 48.0 Å². The number of hydrogen-bond acceptors (Lipinski definition) is 5. The van der Waals surface area contributed by atoms with E-state index in [1.54, 1.807) is 0 Å². The smallest absolute Gasteiger partial charge is 0.253 e. The van der Waals surface area contributed by atoms with Crippen LogP contribution in [0.1, 0.15) is 83.5 Å². The summed E-state index contributed by atoms with van der Waals surface area (Å²) in [5, 5.41) is 6.31. The number of fused-ring (bicyclic) bond motifs is 1. The third kappa shape index (κ3) is 9.05. The van der Waals surface area contributed by atoms with Gasteiger partial charge in [-0.1, -0.05) is 34.1 Å². The van der Waals surface area contributed by atoms with Crippen molar-refractivity contribution in [1.29, 1.82) is 0 Å². The Labute approximate surface area is 251 Å². The van der Waals surface area contributed by atoms with Crippen LogP contribution in [0.3, 0.4) is 0 Å². The number of carbonyl (C=O) groups excluding carboxylic acids is 2. The fourth-order valence-electron chi connectivity index (χ4n) is 5.51. The van der Waals surface area contributed by atoms with Gasteiger partial charge in [0.2, 0.25) is 11.9 Å². The Kier molecular flexibility index (Phi) is 11.4. The Morgan fingerprint density at radius 2 is 1.52 bits per heavy atom. The van der Waals surface area contributed by atoms with E-state index in [9.17, 15) is 9.59 Å². The molecule has 0 saturated carbocycles. The van der Waals surface area contributed by atoms with E-state index in [2.05, 4.69) is 47.8 Å². The summed E-state index contributed by atoms with van der Waals surface area (Å²) >= 11 is 0. The summed E-state index contributed by atoms with van der Waals surface area (Å²) < 4.78 is 2.23. The molecule has 8 nitrogen and oxygen atoms in total. The highest BCUT2D eigenvalue weighted by atomic mass is 16.2. The van der Waals surface area contributed by atoms with Gasteiger partial charge in [0, 0.05) is 43.5 Å². The van der Waals surface area contributed by atoms with E-state index in [1.165, 1.54) is 39.3 Å². The number of rotatable bonds is 14. The van der Waals surface area contributed by atoms with Gasteiger partial charge in [0.05, 0.1) is 11.0 Å². The summed E-state index contributed by atoms with van der Waals surface area (Å²) in [5.74, 6) is 1.86. The molecule has 2 N–H and O–H groups in total. The predicted molar refractivity (Wildman–Crippen MR) is 173 cm³/mol. The number of amides is 2. The number of nitrogens with zero attached hydrogens (tertiary/aromatic N) is 4. The molecule has 42 heavy (non-hydrogen) atoms. The van der Waals surface area contributed by atoms with E-state index in [0.29, 0.717) is 11.8 Å². The van der Waals surface area contributed by atoms with Gasteiger partial charge in [-0.3, -0.25) is 9.59 Å². The lowest BCUT2D eigenvalue weighted by Gasteiger charge is -2.26. The van der Waals surface area contributed by atoms with Gasteiger partial charge in [0.15, 0.2) is 0 Å². The van der Waals surface area contributed by atoms with Crippen molar-refractivity contribution in [2.45, 2.75) is 79.7 Å². The molecule has 2 amide bonds. The Hall–Kier alpha value is -3.39. The van der Waals surface area contributed by atoms with Gasteiger partial charge in [-0.25, -0.2) is 4.98 Å². The standard InChI is InChI=1S/C34H50N6O2/c1-25(2)16-22-39(23-17-26(3)4)33(42)28-10-15-31-32(24-28)40(21-9-20-38-18-7-6-8-19-38)34(37-31)36-30-13-11-29(12-14-30)35-27(5)41/h10-15,24-26H,6-9,16-23H2,1-5H3,(H,35,41)(H,36,37). The van der Waals surface area contributed by atoms with E-state index in [-0.39, 0.29) is 11.8 Å². The summed E-state index contributed by atoms with van der Waals surface area (Å²) in [4.78, 5) is 34.8. The molecule has 0 aliphatic carbocycles. The largest absolute Gasteiger partial charge is 0.339 e. The van der Waals surface area contributed by atoms with Gasteiger partial charge in [-0.15, -0.1) is 0 Å². The number of aryl methyl sites for hydroxylation is 1. The van der Waals surface area contributed by atoms with Gasteiger partial charge in [-0.05, 0) is 106 Å². The summed E-state index contributed by atoms with van der Waals surface area (Å²) in [6, 6.07) is 13.6. The highest BCUT2D eigenvalue weighted by molar-refractivity contribution is 5.98. The molecule has 2 aromatic carbocycles. The molecule has 228 valence electrons. The minimum Gasteiger partial charge on any atom is -0.339 e. The van der Waals surface area contributed by atoms with Crippen LogP contribution in [0.5, 0.6) is 0 Å². The minimum absolute atomic E-state index is 0.0939. The molecule has 1 aliphatic rings. The number of aromatic nitrogens is 2. The Bertz CT molecular complexity index is 1300. The van der Waals surface area contributed by atoms with E-state index >= 15 is 0 Å². The Balaban J connectivity index is 1.60. The van der Waals surface area contributed by atoms with Crippen LogP contribution < -0.4 is 10.6 Å². The second kappa shape index (κ2) is 15.2. The first-order valence-electron chi connectivity index (χ1n) is 15.9. The Morgan fingerprint density at radius 3 is 2.14 bits per heavy atom. The summed E-state index contributed by atoms with van der Waals surface area (Å²) in [6.45, 7) is 16.1. The fraction of sp³-hybridized carbons (Fsp3) is 0.559. The molecular weight excluding hydrogens is 524 g/mol. The number of benzene rings is 2. The molecule has 0 spiro atoms. The number of carbonyl (C=O) groups is 2. The third-order valence-electron chi connectivity index (χ3n) is 8.00. The molecule has 0 atom stereocenters. The first-order valence-corrected chi connectivity index (χ1v) is 15.9. The van der Waals surface area contributed by atoms with Gasteiger partial charge in [-0.2, -0.15) is 0 Å². The van der Waals surface area contributed by atoms with E-state index in [4.69, 9.17) is 4.98 Å². The third-order valence-corrected chi connectivity index (χ3v) is 8.00. The molecule has 0 radical (unpaired) electrons. The van der Waals surface area contributed by atoms with Crippen LogP contribution in [0.25, 0.3) is 11.0 Å². The SMILES string of the molecule is CC(=O)Nc1ccc(Nc2nc3ccc(C(=O)N(CCC(C)C)CCC(C)C)cc3n2CCCN2CCCCC2)cc1. The lowest BCUT2D eigenvalue weighted by atomic mass is 10.1. The van der Waals surface area contributed by atoms with E-state index in [1.807, 2.05) is 47.4 Å². The zero-order valence-corrected chi connectivity index (χ0v) is 26.3. The normalized spacial score (nSPS) is 14.1. The molecule has 0 bridgehead atoms. The highest BCUT2D eigenvalue weighted by Gasteiger charge is 2.20. The number of hydrogen-bond donors (Lipinski definition) is 2. The van der Waals surface area contributed by atoms with E-state index in [0.717, 1.165) is 79.4 Å². The summed E-state index contributed by atoms with van der Waals surface area (Å²) in [5.41, 5.74) is 4.22. The van der Waals surface area contributed by atoms with Gasteiger partial charge >= 0.3 is 0 Å². The predicted octanol–water partition coefficient (Wildman–Crippen LogP) is 7.15. The van der Waals surface area contributed by atoms with Crippen LogP contribution >= 0.6 is 0 Å². The number of likely N-dealkylation sites (tertiary alicyclic amines) is 1. The maximum Gasteiger partial charge on any atom is 0.253 e. The van der Waals surface area contributed by atoms with Crippen LogP contribution in [0, 0.1) is 11.8 Å². The maximum atomic E-state index is 13.8. The van der Waals surface area contributed by atoms with Crippen LogP contribution in [0.15, 0.2) is 42.5 Å². The molecular formula is C34H50N6O2. The van der Waals surface area contributed by atoms with Crippen molar-refractivity contribution in [2.24, 2.45) is 11.8 Å². The molecule has 2 heterocycles. The van der Waals surface area contributed by atoms with Crippen LogP contribution in [-0.2, 0) is 11.3 Å². The first kappa shape index (κ1) is 31.5. The van der Waals surface area contributed by atoms with Crippen LogP contribution in [-0.4, -0.2) is 63.9 Å². The van der Waals surface area contributed by atoms with Gasteiger partial charge in [0.25, 0.3) is 5.91 Å². The molecule has 4 rings (SSSR count). The topological polar surface area (TPSA) is 82.5 Å². The van der Waals surface area contributed by atoms with Crippen molar-refractivity contribution < 1.29 is 9.59 Å². The second-order valence-corrected chi connectivity index (χ2v) is 12.6. The first-order chi connectivity index (χ1) is 20.2. The van der Waals surface area contributed by atoms with E-state index < -0.39 is 0 Å². The monoisotopic (exact) mass is 574 g/mol. The van der Waals surface area contributed by atoms with Crippen molar-refractivity contribution in [3.8, 4) is 0 Å².